The minimum absolute atomic E-state index is 0.0388. The second-order valence-corrected chi connectivity index (χ2v) is 7.80. The van der Waals surface area contributed by atoms with Crippen LogP contribution in [0.5, 0.6) is 0 Å². The molecular formula is C13H24N2O4S. The minimum atomic E-state index is -2.96. The maximum absolute atomic E-state index is 12.4. The quantitative estimate of drug-likeness (QED) is 0.761. The average molecular weight is 304 g/mol. The van der Waals surface area contributed by atoms with Crippen molar-refractivity contribution < 1.29 is 17.9 Å². The van der Waals surface area contributed by atoms with E-state index in [9.17, 15) is 13.2 Å². The number of nitrogens with zero attached hydrogens (tertiary/aromatic N) is 1. The Morgan fingerprint density at radius 1 is 1.45 bits per heavy atom. The molecule has 0 radical (unpaired) electrons. The Hall–Kier alpha value is -0.660. The van der Waals surface area contributed by atoms with Crippen LogP contribution in [0.15, 0.2) is 0 Å². The lowest BCUT2D eigenvalue weighted by atomic mass is 10.1. The molecule has 7 heteroatoms. The first kappa shape index (κ1) is 15.7. The molecule has 0 aromatic carbocycles. The molecule has 2 aliphatic rings. The highest BCUT2D eigenvalue weighted by Crippen LogP contribution is 2.19. The van der Waals surface area contributed by atoms with Crippen molar-refractivity contribution in [2.45, 2.75) is 38.3 Å². The molecule has 6 nitrogen and oxygen atoms in total. The van der Waals surface area contributed by atoms with Gasteiger partial charge in [-0.3, -0.25) is 4.79 Å². The molecule has 1 amide bonds. The Labute approximate surface area is 120 Å². The summed E-state index contributed by atoms with van der Waals surface area (Å²) in [4.78, 5) is 14.2. The molecular weight excluding hydrogens is 280 g/mol. The van der Waals surface area contributed by atoms with Gasteiger partial charge in [0.05, 0.1) is 24.7 Å². The van der Waals surface area contributed by atoms with E-state index in [4.69, 9.17) is 4.74 Å². The van der Waals surface area contributed by atoms with Crippen molar-refractivity contribution in [2.24, 2.45) is 0 Å². The third-order valence-electron chi connectivity index (χ3n) is 3.85. The van der Waals surface area contributed by atoms with Crippen LogP contribution in [0, 0.1) is 0 Å². The second kappa shape index (κ2) is 6.87. The van der Waals surface area contributed by atoms with E-state index in [1.807, 2.05) is 6.92 Å². The lowest BCUT2D eigenvalue weighted by Gasteiger charge is -2.31. The van der Waals surface area contributed by atoms with Gasteiger partial charge in [-0.25, -0.2) is 8.42 Å². The Balaban J connectivity index is 1.95. The fourth-order valence-electron chi connectivity index (χ4n) is 2.85. The third-order valence-corrected chi connectivity index (χ3v) is 5.60. The molecule has 2 atom stereocenters. The number of sulfone groups is 1. The van der Waals surface area contributed by atoms with Gasteiger partial charge in [0.15, 0.2) is 9.84 Å². The van der Waals surface area contributed by atoms with Gasteiger partial charge < -0.3 is 15.0 Å². The predicted octanol–water partition coefficient (Wildman–Crippen LogP) is -0.209. The van der Waals surface area contributed by atoms with Crippen molar-refractivity contribution in [3.05, 3.63) is 0 Å². The van der Waals surface area contributed by atoms with E-state index >= 15 is 0 Å². The normalized spacial score (nSPS) is 29.2. The van der Waals surface area contributed by atoms with Crippen molar-refractivity contribution in [3.63, 3.8) is 0 Å². The van der Waals surface area contributed by atoms with Crippen LogP contribution >= 0.6 is 0 Å². The summed E-state index contributed by atoms with van der Waals surface area (Å²) < 4.78 is 28.5. The molecule has 2 unspecified atom stereocenters. The number of rotatable bonds is 5. The van der Waals surface area contributed by atoms with Gasteiger partial charge in [0, 0.05) is 31.6 Å². The molecule has 0 aliphatic carbocycles. The van der Waals surface area contributed by atoms with E-state index in [1.54, 1.807) is 4.90 Å². The van der Waals surface area contributed by atoms with Crippen LogP contribution in [0.4, 0.5) is 0 Å². The molecule has 0 bridgehead atoms. The summed E-state index contributed by atoms with van der Waals surface area (Å²) in [6.07, 6.45) is 1.80. The van der Waals surface area contributed by atoms with Crippen LogP contribution in [0.1, 0.15) is 26.2 Å². The first-order chi connectivity index (χ1) is 9.52. The number of hydrogen-bond acceptors (Lipinski definition) is 5. The zero-order valence-corrected chi connectivity index (χ0v) is 12.8. The minimum Gasteiger partial charge on any atom is -0.378 e. The Kier molecular flexibility index (Phi) is 5.40. The summed E-state index contributed by atoms with van der Waals surface area (Å²) >= 11 is 0. The van der Waals surface area contributed by atoms with Gasteiger partial charge in [0.2, 0.25) is 5.91 Å². The van der Waals surface area contributed by atoms with E-state index in [0.717, 1.165) is 13.0 Å². The molecule has 1 N–H and O–H groups in total. The number of ether oxygens (including phenoxy) is 1. The van der Waals surface area contributed by atoms with Crippen LogP contribution in [-0.4, -0.2) is 69.1 Å². The predicted molar refractivity (Wildman–Crippen MR) is 76.3 cm³/mol. The first-order valence-corrected chi connectivity index (χ1v) is 9.15. The summed E-state index contributed by atoms with van der Waals surface area (Å²) in [6.45, 7) is 4.64. The smallest absolute Gasteiger partial charge is 0.224 e. The van der Waals surface area contributed by atoms with E-state index in [2.05, 4.69) is 5.32 Å². The van der Waals surface area contributed by atoms with Crippen LogP contribution in [0.3, 0.4) is 0 Å². The Morgan fingerprint density at radius 2 is 2.25 bits per heavy atom. The van der Waals surface area contributed by atoms with Gasteiger partial charge in [-0.1, -0.05) is 6.92 Å². The lowest BCUT2D eigenvalue weighted by molar-refractivity contribution is -0.134. The van der Waals surface area contributed by atoms with Crippen LogP contribution in [0.25, 0.3) is 0 Å². The third kappa shape index (κ3) is 4.17. The molecule has 2 rings (SSSR count). The van der Waals surface area contributed by atoms with Gasteiger partial charge in [0.25, 0.3) is 0 Å². The molecule has 2 fully saturated rings. The lowest BCUT2D eigenvalue weighted by Crippen LogP contribution is -2.48. The molecule has 116 valence electrons. The maximum Gasteiger partial charge on any atom is 0.224 e. The number of amides is 1. The zero-order valence-electron chi connectivity index (χ0n) is 12.0. The van der Waals surface area contributed by atoms with Crippen molar-refractivity contribution in [2.75, 3.05) is 37.8 Å². The molecule has 2 aliphatic heterocycles. The van der Waals surface area contributed by atoms with Crippen LogP contribution < -0.4 is 5.32 Å². The number of nitrogens with one attached hydrogen (secondary N) is 1. The topological polar surface area (TPSA) is 75.7 Å². The van der Waals surface area contributed by atoms with E-state index in [-0.39, 0.29) is 29.5 Å². The largest absolute Gasteiger partial charge is 0.378 e. The van der Waals surface area contributed by atoms with Crippen molar-refractivity contribution in [1.29, 1.82) is 0 Å². The highest BCUT2D eigenvalue weighted by Gasteiger charge is 2.34. The monoisotopic (exact) mass is 304 g/mol. The van der Waals surface area contributed by atoms with E-state index < -0.39 is 9.84 Å². The average Bonchev–Trinajstić information content (AvgIpc) is 2.77. The summed E-state index contributed by atoms with van der Waals surface area (Å²) in [5.74, 6) is 0.362. The molecule has 2 saturated heterocycles. The first-order valence-electron chi connectivity index (χ1n) is 7.33. The summed E-state index contributed by atoms with van der Waals surface area (Å²) in [5, 5.41) is 3.26. The fraction of sp³-hybridized carbons (Fsp3) is 0.923. The van der Waals surface area contributed by atoms with Crippen molar-refractivity contribution in [1.82, 2.24) is 10.2 Å². The summed E-state index contributed by atoms with van der Waals surface area (Å²) in [5.41, 5.74) is 0. The highest BCUT2D eigenvalue weighted by atomic mass is 32.2. The standard InChI is InChI=1S/C13H24N2O4S/c1-2-5-15(12-3-7-20(17,18)10-12)13(16)8-11-9-19-6-4-14-11/h11-12,14H,2-10H2,1H3. The molecule has 0 saturated carbocycles. The van der Waals surface area contributed by atoms with Crippen LogP contribution in [-0.2, 0) is 19.4 Å². The van der Waals surface area contributed by atoms with E-state index in [1.165, 1.54) is 0 Å². The fourth-order valence-corrected chi connectivity index (χ4v) is 4.58. The SMILES string of the molecule is CCCN(C(=O)CC1COCCN1)C1CCS(=O)(=O)C1. The Morgan fingerprint density at radius 3 is 2.80 bits per heavy atom. The zero-order chi connectivity index (χ0) is 14.6. The van der Waals surface area contributed by atoms with Crippen molar-refractivity contribution in [3.8, 4) is 0 Å². The molecule has 0 spiro atoms. The number of hydrogen-bond donors (Lipinski definition) is 1. The van der Waals surface area contributed by atoms with Gasteiger partial charge in [-0.15, -0.1) is 0 Å². The highest BCUT2D eigenvalue weighted by molar-refractivity contribution is 7.91. The van der Waals surface area contributed by atoms with E-state index in [0.29, 0.717) is 32.6 Å². The second-order valence-electron chi connectivity index (χ2n) is 5.57. The summed E-state index contributed by atoms with van der Waals surface area (Å²) in [7, 11) is -2.96. The molecule has 0 aromatic heterocycles. The Bertz CT molecular complexity index is 432. The molecule has 0 aromatic rings. The molecule has 20 heavy (non-hydrogen) atoms. The molecule has 2 heterocycles. The van der Waals surface area contributed by atoms with Gasteiger partial charge in [-0.2, -0.15) is 0 Å². The number of carbonyl (C=O) groups excluding carboxylic acids is 1. The van der Waals surface area contributed by atoms with Gasteiger partial charge in [-0.05, 0) is 12.8 Å². The number of morpholine rings is 1. The van der Waals surface area contributed by atoms with Gasteiger partial charge in [0.1, 0.15) is 0 Å². The van der Waals surface area contributed by atoms with Crippen LogP contribution in [0.2, 0.25) is 0 Å². The number of carbonyl (C=O) groups is 1. The maximum atomic E-state index is 12.4. The van der Waals surface area contributed by atoms with Gasteiger partial charge >= 0.3 is 0 Å². The summed E-state index contributed by atoms with van der Waals surface area (Å²) in [6, 6.07) is -0.0921. The van der Waals surface area contributed by atoms with Crippen molar-refractivity contribution >= 4 is 15.7 Å².